The predicted octanol–water partition coefficient (Wildman–Crippen LogP) is 1.44. The van der Waals surface area contributed by atoms with Crippen LogP contribution in [0.4, 0.5) is 4.79 Å². The van der Waals surface area contributed by atoms with Crippen LogP contribution in [-0.4, -0.2) is 58.8 Å². The van der Waals surface area contributed by atoms with Crippen LogP contribution in [0.25, 0.3) is 0 Å². The molecular formula is C13H25NO6. The van der Waals surface area contributed by atoms with E-state index in [1.807, 2.05) is 6.92 Å². The first kappa shape index (κ1) is 18.7. The van der Waals surface area contributed by atoms with Gasteiger partial charge in [0, 0.05) is 6.61 Å². The molecule has 0 rings (SSSR count). The highest BCUT2D eigenvalue weighted by molar-refractivity contribution is 5.76. The van der Waals surface area contributed by atoms with Gasteiger partial charge in [-0.25, -0.2) is 4.79 Å². The zero-order valence-corrected chi connectivity index (χ0v) is 12.6. The van der Waals surface area contributed by atoms with E-state index in [9.17, 15) is 14.7 Å². The second kappa shape index (κ2) is 8.76. The molecule has 0 saturated heterocycles. The van der Waals surface area contributed by atoms with Gasteiger partial charge in [0.25, 0.3) is 0 Å². The van der Waals surface area contributed by atoms with Crippen molar-refractivity contribution in [1.82, 2.24) is 4.90 Å². The number of carbonyl (C=O) groups excluding carboxylic acids is 1. The zero-order valence-electron chi connectivity index (χ0n) is 12.6. The molecule has 0 radical (unpaired) electrons. The number of hydrogen-bond donors (Lipinski definition) is 2. The number of amides is 1. The Morgan fingerprint density at radius 1 is 1.30 bits per heavy atom. The monoisotopic (exact) mass is 291 g/mol. The van der Waals surface area contributed by atoms with Crippen molar-refractivity contribution in [3.63, 3.8) is 0 Å². The zero-order chi connectivity index (χ0) is 15.8. The van der Waals surface area contributed by atoms with Crippen LogP contribution >= 0.6 is 0 Å². The van der Waals surface area contributed by atoms with Gasteiger partial charge in [-0.05, 0) is 27.2 Å². The summed E-state index contributed by atoms with van der Waals surface area (Å²) in [5.41, 5.74) is -0.734. The number of aliphatic hydroxyl groups excluding tert-OH is 1. The molecule has 1 atom stereocenters. The van der Waals surface area contributed by atoms with Crippen molar-refractivity contribution in [2.24, 2.45) is 0 Å². The van der Waals surface area contributed by atoms with Crippen molar-refractivity contribution in [2.45, 2.75) is 52.4 Å². The van der Waals surface area contributed by atoms with Crippen LogP contribution in [-0.2, 0) is 14.3 Å². The number of carbonyl (C=O) groups is 2. The number of carboxylic acid groups (broad SMARTS) is 1. The van der Waals surface area contributed by atoms with Crippen molar-refractivity contribution in [3.05, 3.63) is 0 Å². The molecule has 0 unspecified atom stereocenters. The first-order valence-corrected chi connectivity index (χ1v) is 6.65. The van der Waals surface area contributed by atoms with E-state index >= 15 is 0 Å². The maximum absolute atomic E-state index is 11.8. The second-order valence-electron chi connectivity index (χ2n) is 5.43. The highest BCUT2D eigenvalue weighted by Crippen LogP contribution is 2.10. The Morgan fingerprint density at radius 3 is 2.35 bits per heavy atom. The van der Waals surface area contributed by atoms with Gasteiger partial charge in [0.15, 0.2) is 6.29 Å². The van der Waals surface area contributed by atoms with Gasteiger partial charge in [0.05, 0.1) is 6.54 Å². The Kier molecular flexibility index (Phi) is 8.17. The van der Waals surface area contributed by atoms with E-state index in [0.29, 0.717) is 6.61 Å². The van der Waals surface area contributed by atoms with E-state index in [2.05, 4.69) is 0 Å². The van der Waals surface area contributed by atoms with Gasteiger partial charge in [-0.1, -0.05) is 13.3 Å². The third-order valence-electron chi connectivity index (χ3n) is 2.16. The van der Waals surface area contributed by atoms with Crippen LogP contribution in [0.2, 0.25) is 0 Å². The summed E-state index contributed by atoms with van der Waals surface area (Å²) in [5, 5.41) is 18.4. The number of ether oxygens (including phenoxy) is 2. The lowest BCUT2D eigenvalue weighted by Gasteiger charge is -2.27. The predicted molar refractivity (Wildman–Crippen MR) is 72.3 cm³/mol. The molecule has 0 aromatic carbocycles. The Morgan fingerprint density at radius 2 is 1.90 bits per heavy atom. The molecule has 2 N–H and O–H groups in total. The minimum atomic E-state index is -1.23. The summed E-state index contributed by atoms with van der Waals surface area (Å²) in [6.07, 6.45) is -0.327. The van der Waals surface area contributed by atoms with Gasteiger partial charge < -0.3 is 19.7 Å². The van der Waals surface area contributed by atoms with Gasteiger partial charge in [0.2, 0.25) is 0 Å². The molecule has 0 saturated carbocycles. The topological polar surface area (TPSA) is 96.3 Å². The van der Waals surface area contributed by atoms with Crippen molar-refractivity contribution < 1.29 is 29.3 Å². The molecule has 0 aliphatic rings. The van der Waals surface area contributed by atoms with Gasteiger partial charge in [-0.15, -0.1) is 0 Å². The Balaban J connectivity index is 4.47. The van der Waals surface area contributed by atoms with Gasteiger partial charge >= 0.3 is 12.1 Å². The lowest BCUT2D eigenvalue weighted by Crippen LogP contribution is -2.44. The van der Waals surface area contributed by atoms with E-state index in [4.69, 9.17) is 14.6 Å². The third kappa shape index (κ3) is 9.57. The maximum Gasteiger partial charge on any atom is 0.410 e. The van der Waals surface area contributed by atoms with E-state index in [1.165, 1.54) is 0 Å². The summed E-state index contributed by atoms with van der Waals surface area (Å²) >= 11 is 0. The second-order valence-corrected chi connectivity index (χ2v) is 5.43. The van der Waals surface area contributed by atoms with Crippen LogP contribution in [0.3, 0.4) is 0 Å². The fraction of sp³-hybridized carbons (Fsp3) is 0.846. The molecule has 0 fully saturated rings. The highest BCUT2D eigenvalue weighted by Gasteiger charge is 2.25. The van der Waals surface area contributed by atoms with Crippen molar-refractivity contribution in [1.29, 1.82) is 0 Å². The normalized spacial score (nSPS) is 12.8. The van der Waals surface area contributed by atoms with Gasteiger partial charge in [-0.2, -0.15) is 0 Å². The number of carboxylic acids is 1. The summed E-state index contributed by atoms with van der Waals surface area (Å²) in [7, 11) is 0. The van der Waals surface area contributed by atoms with Crippen LogP contribution in [0.5, 0.6) is 0 Å². The molecule has 0 aliphatic carbocycles. The van der Waals surface area contributed by atoms with Gasteiger partial charge in [-0.3, -0.25) is 9.69 Å². The third-order valence-corrected chi connectivity index (χ3v) is 2.16. The van der Waals surface area contributed by atoms with Crippen molar-refractivity contribution >= 4 is 12.1 Å². The summed E-state index contributed by atoms with van der Waals surface area (Å²) in [4.78, 5) is 23.5. The van der Waals surface area contributed by atoms with Gasteiger partial charge in [0.1, 0.15) is 12.1 Å². The number of aliphatic carboxylic acids is 1. The molecule has 0 aromatic heterocycles. The molecule has 1 amide bonds. The van der Waals surface area contributed by atoms with Crippen molar-refractivity contribution in [2.75, 3.05) is 19.7 Å². The molecule has 0 spiro atoms. The number of unbranched alkanes of at least 4 members (excludes halogenated alkanes) is 1. The molecule has 0 aromatic rings. The van der Waals surface area contributed by atoms with E-state index in [-0.39, 0.29) is 6.54 Å². The Bertz CT molecular complexity index is 312. The molecule has 0 bridgehead atoms. The fourth-order valence-electron chi connectivity index (χ4n) is 1.30. The molecule has 20 heavy (non-hydrogen) atoms. The van der Waals surface area contributed by atoms with Crippen LogP contribution in [0.15, 0.2) is 0 Å². The standard InChI is InChI=1S/C13H25NO6/c1-5-6-7-19-11(17)9-14(8-10(15)16)12(18)20-13(2,3)4/h11,17H,5-9H2,1-4H3,(H,15,16)/t11-/m0/s1. The Labute approximate surface area is 119 Å². The maximum atomic E-state index is 11.8. The number of aliphatic hydroxyl groups is 1. The number of nitrogens with zero attached hydrogens (tertiary/aromatic N) is 1. The van der Waals surface area contributed by atoms with Crippen molar-refractivity contribution in [3.8, 4) is 0 Å². The summed E-state index contributed by atoms with van der Waals surface area (Å²) in [6.45, 7) is 6.57. The summed E-state index contributed by atoms with van der Waals surface area (Å²) < 4.78 is 10.2. The first-order chi connectivity index (χ1) is 9.15. The number of rotatable bonds is 8. The smallest absolute Gasteiger partial charge is 0.410 e. The summed E-state index contributed by atoms with van der Waals surface area (Å²) in [5.74, 6) is -1.18. The lowest BCUT2D eigenvalue weighted by molar-refractivity contribution is -0.141. The lowest BCUT2D eigenvalue weighted by atomic mass is 10.2. The quantitative estimate of drug-likeness (QED) is 0.519. The van der Waals surface area contributed by atoms with E-state index < -0.39 is 30.5 Å². The fourth-order valence-corrected chi connectivity index (χ4v) is 1.30. The number of hydrogen-bond acceptors (Lipinski definition) is 5. The minimum Gasteiger partial charge on any atom is -0.480 e. The molecule has 118 valence electrons. The van der Waals surface area contributed by atoms with E-state index in [0.717, 1.165) is 17.7 Å². The molecule has 0 heterocycles. The highest BCUT2D eigenvalue weighted by atomic mass is 16.6. The molecule has 7 nitrogen and oxygen atoms in total. The molecule has 0 aliphatic heterocycles. The van der Waals surface area contributed by atoms with Crippen LogP contribution < -0.4 is 0 Å². The van der Waals surface area contributed by atoms with Crippen LogP contribution in [0, 0.1) is 0 Å². The average Bonchev–Trinajstić information content (AvgIpc) is 2.25. The Hall–Kier alpha value is -1.34. The summed E-state index contributed by atoms with van der Waals surface area (Å²) in [6, 6.07) is 0. The largest absolute Gasteiger partial charge is 0.480 e. The van der Waals surface area contributed by atoms with E-state index in [1.54, 1.807) is 20.8 Å². The van der Waals surface area contributed by atoms with Crippen LogP contribution in [0.1, 0.15) is 40.5 Å². The SMILES string of the molecule is CCCCO[C@H](O)CN(CC(=O)O)C(=O)OC(C)(C)C. The molecular weight excluding hydrogens is 266 g/mol. The minimum absolute atomic E-state index is 0.245. The first-order valence-electron chi connectivity index (χ1n) is 6.65. The average molecular weight is 291 g/mol. The molecule has 7 heteroatoms.